The summed E-state index contributed by atoms with van der Waals surface area (Å²) >= 11 is 5.56. The third-order valence-electron chi connectivity index (χ3n) is 1.11. The van der Waals surface area contributed by atoms with Gasteiger partial charge in [0.05, 0.1) is 5.56 Å². The molecule has 0 aromatic carbocycles. The topological polar surface area (TPSA) is 80.2 Å². The van der Waals surface area contributed by atoms with Crippen LogP contribution in [0, 0.1) is 0 Å². The number of anilines is 1. The van der Waals surface area contributed by atoms with E-state index in [4.69, 9.17) is 23.2 Å². The van der Waals surface area contributed by atoms with Gasteiger partial charge in [-0.15, -0.1) is 0 Å². The number of nitrogen functional groups attached to an aromatic ring is 1. The molecule has 0 saturated heterocycles. The van der Waals surface area contributed by atoms with Crippen LogP contribution in [0.25, 0.3) is 0 Å². The van der Waals surface area contributed by atoms with Gasteiger partial charge in [0.15, 0.2) is 5.17 Å². The number of nitrogens with zero attached hydrogens (tertiary/aromatic N) is 1. The Balaban J connectivity index is 3.05. The average Bonchev–Trinajstić information content (AvgIpc) is 2.34. The molecule has 0 radical (unpaired) electrons. The minimum atomic E-state index is 0.207. The highest BCUT2D eigenvalue weighted by molar-refractivity contribution is 6.70. The van der Waals surface area contributed by atoms with Crippen LogP contribution in [0.15, 0.2) is 17.4 Å². The van der Waals surface area contributed by atoms with E-state index in [0.29, 0.717) is 11.4 Å². The molecule has 0 spiro atoms. The summed E-state index contributed by atoms with van der Waals surface area (Å²) in [6.45, 7) is 0. The lowest BCUT2D eigenvalue weighted by atomic mass is 10.3. The molecular weight excluding hydrogens is 152 g/mol. The summed E-state index contributed by atoms with van der Waals surface area (Å²) in [5.41, 5.74) is 6.07. The van der Waals surface area contributed by atoms with Crippen molar-refractivity contribution >= 4 is 22.6 Å². The minimum absolute atomic E-state index is 0.207. The predicted octanol–water partition coefficient (Wildman–Crippen LogP) is 0.456. The first kappa shape index (κ1) is 6.95. The zero-order chi connectivity index (χ0) is 7.56. The maximum absolute atomic E-state index is 5.56. The van der Waals surface area contributed by atoms with Crippen molar-refractivity contribution in [3.63, 3.8) is 0 Å². The van der Waals surface area contributed by atoms with Crippen molar-refractivity contribution < 1.29 is 0 Å². The molecule has 0 amide bonds. The van der Waals surface area contributed by atoms with Gasteiger partial charge >= 0.3 is 0 Å². The Morgan fingerprint density at radius 2 is 2.40 bits per heavy atom. The molecule has 1 aromatic rings. The lowest BCUT2D eigenvalue weighted by Gasteiger charge is -1.92. The number of hydrogen-bond donors (Lipinski definition) is 3. The number of nitrogens with one attached hydrogen (secondary N) is 1. The second kappa shape index (κ2) is 2.62. The Morgan fingerprint density at radius 1 is 1.70 bits per heavy atom. The lowest BCUT2D eigenvalue weighted by Crippen LogP contribution is -1.98. The molecular formula is C5H7ClN4. The molecule has 5 N–H and O–H groups in total. The Kier molecular flexibility index (Phi) is 1.82. The van der Waals surface area contributed by atoms with E-state index in [1.807, 2.05) is 0 Å². The number of rotatable bonds is 1. The summed E-state index contributed by atoms with van der Waals surface area (Å²) in [7, 11) is 0. The number of hydrogen-bond acceptors (Lipinski definition) is 3. The van der Waals surface area contributed by atoms with E-state index in [1.165, 1.54) is 0 Å². The van der Waals surface area contributed by atoms with Crippen molar-refractivity contribution in [1.82, 2.24) is 4.98 Å². The minimum Gasteiger partial charge on any atom is -0.385 e. The standard InChI is InChI=1S/C5H7ClN4/c6-4(10-8)3-1-2-9-5(3)7/h1-2,9H,7-8H2/b10-4+. The summed E-state index contributed by atoms with van der Waals surface area (Å²) in [5.74, 6) is 5.39. The molecule has 0 aliphatic carbocycles. The molecule has 0 aliphatic heterocycles. The van der Waals surface area contributed by atoms with Crippen molar-refractivity contribution in [2.75, 3.05) is 5.73 Å². The molecule has 0 saturated carbocycles. The van der Waals surface area contributed by atoms with Gasteiger partial charge in [-0.2, -0.15) is 5.10 Å². The molecule has 1 rings (SSSR count). The normalized spacial score (nSPS) is 11.9. The number of aromatic nitrogens is 1. The maximum atomic E-state index is 5.56. The van der Waals surface area contributed by atoms with Crippen molar-refractivity contribution in [2.45, 2.75) is 0 Å². The summed E-state index contributed by atoms with van der Waals surface area (Å²) in [6.07, 6.45) is 1.66. The highest BCUT2D eigenvalue weighted by Gasteiger charge is 2.03. The maximum Gasteiger partial charge on any atom is 0.159 e. The quantitative estimate of drug-likeness (QED) is 0.315. The SMILES string of the molecule is N/N=C(/Cl)c1cc[nH]c1N. The van der Waals surface area contributed by atoms with E-state index in [1.54, 1.807) is 12.3 Å². The molecule has 10 heavy (non-hydrogen) atoms. The van der Waals surface area contributed by atoms with E-state index < -0.39 is 0 Å². The molecule has 1 aromatic heterocycles. The highest BCUT2D eigenvalue weighted by atomic mass is 35.5. The van der Waals surface area contributed by atoms with Crippen molar-refractivity contribution in [3.05, 3.63) is 17.8 Å². The molecule has 54 valence electrons. The van der Waals surface area contributed by atoms with Gasteiger partial charge in [0.2, 0.25) is 0 Å². The molecule has 1 heterocycles. The predicted molar refractivity (Wildman–Crippen MR) is 41.8 cm³/mol. The summed E-state index contributed by atoms with van der Waals surface area (Å²) < 4.78 is 0. The zero-order valence-electron chi connectivity index (χ0n) is 5.13. The highest BCUT2D eigenvalue weighted by Crippen LogP contribution is 2.11. The van der Waals surface area contributed by atoms with Gasteiger partial charge in [0, 0.05) is 6.20 Å². The Morgan fingerprint density at radius 3 is 2.80 bits per heavy atom. The Bertz CT molecular complexity index is 252. The fraction of sp³-hybridized carbons (Fsp3) is 0. The second-order valence-corrected chi connectivity index (χ2v) is 2.08. The summed E-state index contributed by atoms with van der Waals surface area (Å²) in [6, 6.07) is 1.70. The molecule has 0 unspecified atom stereocenters. The van der Waals surface area contributed by atoms with Crippen molar-refractivity contribution in [3.8, 4) is 0 Å². The van der Waals surface area contributed by atoms with Gasteiger partial charge in [0.1, 0.15) is 5.82 Å². The van der Waals surface area contributed by atoms with Gasteiger partial charge in [-0.1, -0.05) is 11.6 Å². The van der Waals surface area contributed by atoms with E-state index >= 15 is 0 Å². The van der Waals surface area contributed by atoms with E-state index in [-0.39, 0.29) is 5.17 Å². The van der Waals surface area contributed by atoms with Crippen LogP contribution in [0.3, 0.4) is 0 Å². The Hall–Kier alpha value is -1.16. The molecule has 0 fully saturated rings. The first-order chi connectivity index (χ1) is 4.75. The fourth-order valence-electron chi connectivity index (χ4n) is 0.632. The monoisotopic (exact) mass is 158 g/mol. The van der Waals surface area contributed by atoms with Crippen molar-refractivity contribution in [1.29, 1.82) is 0 Å². The lowest BCUT2D eigenvalue weighted by molar-refractivity contribution is 1.26. The smallest absolute Gasteiger partial charge is 0.159 e. The van der Waals surface area contributed by atoms with Crippen LogP contribution in [0.5, 0.6) is 0 Å². The summed E-state index contributed by atoms with van der Waals surface area (Å²) in [5, 5.41) is 3.48. The third-order valence-corrected chi connectivity index (χ3v) is 1.42. The van der Waals surface area contributed by atoms with Crippen LogP contribution in [-0.4, -0.2) is 10.2 Å². The Labute approximate surface area is 62.9 Å². The second-order valence-electron chi connectivity index (χ2n) is 1.72. The third kappa shape index (κ3) is 1.06. The number of hydrazone groups is 1. The van der Waals surface area contributed by atoms with Gasteiger partial charge in [0.25, 0.3) is 0 Å². The van der Waals surface area contributed by atoms with Crippen LogP contribution < -0.4 is 11.6 Å². The van der Waals surface area contributed by atoms with Crippen molar-refractivity contribution in [2.24, 2.45) is 10.9 Å². The molecule has 0 atom stereocenters. The number of nitrogens with two attached hydrogens (primary N) is 2. The van der Waals surface area contributed by atoms with E-state index in [9.17, 15) is 0 Å². The van der Waals surface area contributed by atoms with E-state index in [2.05, 4.69) is 10.1 Å². The van der Waals surface area contributed by atoms with Gasteiger partial charge in [-0.05, 0) is 6.07 Å². The van der Waals surface area contributed by atoms with Gasteiger partial charge in [-0.3, -0.25) is 0 Å². The number of H-pyrrole nitrogens is 1. The molecule has 0 bridgehead atoms. The molecule has 5 heteroatoms. The fourth-order valence-corrected chi connectivity index (χ4v) is 0.797. The van der Waals surface area contributed by atoms with Crippen LogP contribution in [0.2, 0.25) is 0 Å². The first-order valence-electron chi connectivity index (χ1n) is 2.62. The molecule has 4 nitrogen and oxygen atoms in total. The summed E-state index contributed by atoms with van der Waals surface area (Å²) in [4.78, 5) is 2.74. The van der Waals surface area contributed by atoms with Gasteiger partial charge < -0.3 is 16.6 Å². The number of halogens is 1. The van der Waals surface area contributed by atoms with Crippen LogP contribution in [-0.2, 0) is 0 Å². The number of aromatic amines is 1. The zero-order valence-corrected chi connectivity index (χ0v) is 5.89. The first-order valence-corrected chi connectivity index (χ1v) is 3.00. The van der Waals surface area contributed by atoms with E-state index in [0.717, 1.165) is 0 Å². The van der Waals surface area contributed by atoms with Crippen LogP contribution >= 0.6 is 11.6 Å². The molecule has 0 aliphatic rings. The average molecular weight is 159 g/mol. The van der Waals surface area contributed by atoms with Crippen LogP contribution in [0.4, 0.5) is 5.82 Å². The van der Waals surface area contributed by atoms with Gasteiger partial charge in [-0.25, -0.2) is 0 Å². The van der Waals surface area contributed by atoms with Crippen LogP contribution in [0.1, 0.15) is 5.56 Å². The largest absolute Gasteiger partial charge is 0.385 e.